The van der Waals surface area contributed by atoms with Gasteiger partial charge in [-0.05, 0) is 74.2 Å². The Labute approximate surface area is 368 Å². The Morgan fingerprint density at radius 2 is 0.569 bits per heavy atom. The van der Waals surface area contributed by atoms with Gasteiger partial charge in [-0.2, -0.15) is 0 Å². The average molecular weight is 978 g/mol. The number of aromatic hydroxyl groups is 4. The monoisotopic (exact) mass is 976 g/mol. The minimum Gasteiger partial charge on any atom is -0.507 e. The van der Waals surface area contributed by atoms with Gasteiger partial charge in [-0.15, -0.1) is 0 Å². The van der Waals surface area contributed by atoms with E-state index in [-0.39, 0.29) is 88.0 Å². The standard InChI is InChI=1S/4C11H13NO2.2Pd/c4*1-2-8-7-14-11(12-8)9-5-3-4-6-10(9)13;;/h4*3-6,8,13H,2,7H2,1H3;;/t4*8-;;/m1111../s1. The van der Waals surface area contributed by atoms with Crippen LogP contribution in [-0.2, 0) is 59.8 Å². The zero-order valence-electron chi connectivity index (χ0n) is 33.0. The number of benzene rings is 4. The molecule has 0 bridgehead atoms. The molecule has 0 unspecified atom stereocenters. The smallest absolute Gasteiger partial charge is 0.220 e. The molecule has 12 nitrogen and oxygen atoms in total. The molecule has 316 valence electrons. The predicted octanol–water partition coefficient (Wildman–Crippen LogP) is 7.79. The molecule has 0 aromatic heterocycles. The Balaban J connectivity index is 0.000000205. The Bertz CT molecular complexity index is 1740. The molecule has 4 heterocycles. The molecule has 4 aliphatic rings. The van der Waals surface area contributed by atoms with Gasteiger partial charge in [0.2, 0.25) is 23.6 Å². The Kier molecular flexibility index (Phi) is 19.9. The maximum absolute atomic E-state index is 9.57. The molecule has 4 aromatic rings. The van der Waals surface area contributed by atoms with Gasteiger partial charge in [-0.25, -0.2) is 20.0 Å². The van der Waals surface area contributed by atoms with Crippen LogP contribution in [0.3, 0.4) is 0 Å². The van der Waals surface area contributed by atoms with Crippen molar-refractivity contribution in [2.24, 2.45) is 20.0 Å². The summed E-state index contributed by atoms with van der Waals surface area (Å²) in [6, 6.07) is 29.3. The van der Waals surface area contributed by atoms with Crippen molar-refractivity contribution in [3.05, 3.63) is 119 Å². The van der Waals surface area contributed by atoms with Crippen LogP contribution in [0.25, 0.3) is 0 Å². The molecule has 4 aliphatic heterocycles. The average Bonchev–Trinajstić information content (AvgIpc) is 4.07. The topological polar surface area (TPSA) is 167 Å². The third-order valence-corrected chi connectivity index (χ3v) is 9.27. The van der Waals surface area contributed by atoms with E-state index in [2.05, 4.69) is 47.7 Å². The summed E-state index contributed by atoms with van der Waals surface area (Å²) in [4.78, 5) is 17.5. The number of hydrogen-bond donors (Lipinski definition) is 4. The normalized spacial score (nSPS) is 19.7. The van der Waals surface area contributed by atoms with Crippen molar-refractivity contribution >= 4 is 23.6 Å². The molecule has 0 amide bonds. The number of phenolic OH excluding ortho intramolecular Hbond substituents is 4. The molecule has 0 fully saturated rings. The van der Waals surface area contributed by atoms with Crippen molar-refractivity contribution < 1.29 is 80.2 Å². The fraction of sp³-hybridized carbons (Fsp3) is 0.364. The van der Waals surface area contributed by atoms with E-state index in [1.807, 2.05) is 48.5 Å². The molecule has 14 heteroatoms. The van der Waals surface area contributed by atoms with E-state index in [0.29, 0.717) is 72.3 Å². The molecular weight excluding hydrogens is 925 g/mol. The Hall–Kier alpha value is -4.72. The first-order valence-corrected chi connectivity index (χ1v) is 19.2. The van der Waals surface area contributed by atoms with Gasteiger partial charge in [-0.1, -0.05) is 76.2 Å². The first-order valence-electron chi connectivity index (χ1n) is 19.2. The van der Waals surface area contributed by atoms with Gasteiger partial charge >= 0.3 is 0 Å². The van der Waals surface area contributed by atoms with Crippen LogP contribution in [0.15, 0.2) is 117 Å². The van der Waals surface area contributed by atoms with E-state index >= 15 is 0 Å². The van der Waals surface area contributed by atoms with E-state index in [1.54, 1.807) is 48.5 Å². The molecule has 58 heavy (non-hydrogen) atoms. The van der Waals surface area contributed by atoms with E-state index in [9.17, 15) is 20.4 Å². The molecule has 0 radical (unpaired) electrons. The maximum Gasteiger partial charge on any atom is 0.220 e. The van der Waals surface area contributed by atoms with Crippen LogP contribution in [0.5, 0.6) is 23.0 Å². The second kappa shape index (κ2) is 24.3. The van der Waals surface area contributed by atoms with Gasteiger partial charge in [0.15, 0.2) is 0 Å². The summed E-state index contributed by atoms with van der Waals surface area (Å²) in [6.45, 7) is 10.8. The molecule has 0 spiro atoms. The summed E-state index contributed by atoms with van der Waals surface area (Å²) >= 11 is 0. The number of para-hydroxylation sites is 4. The van der Waals surface area contributed by atoms with E-state index in [4.69, 9.17) is 18.9 Å². The zero-order valence-corrected chi connectivity index (χ0v) is 36.2. The van der Waals surface area contributed by atoms with Crippen molar-refractivity contribution in [3.8, 4) is 23.0 Å². The number of ether oxygens (including phenoxy) is 4. The molecule has 0 aliphatic carbocycles. The van der Waals surface area contributed by atoms with Crippen LogP contribution in [0, 0.1) is 0 Å². The first-order chi connectivity index (χ1) is 27.2. The second-order valence-corrected chi connectivity index (χ2v) is 13.3. The third-order valence-electron chi connectivity index (χ3n) is 9.27. The molecule has 4 atom stereocenters. The summed E-state index contributed by atoms with van der Waals surface area (Å²) in [7, 11) is 0. The van der Waals surface area contributed by atoms with Crippen LogP contribution in [0.2, 0.25) is 0 Å². The quantitative estimate of drug-likeness (QED) is 0.130. The molecule has 4 N–H and O–H groups in total. The SMILES string of the molecule is CC[C@@H]1COC(c2ccccc2O)=N1.CC[C@@H]1COC(c2ccccc2O)=N1.CC[C@@H]1COC(c2ccccc2O)=N1.CC[C@@H]1COC(c2ccccc2O)=N1.[Pd].[Pd]. The van der Waals surface area contributed by atoms with Crippen molar-refractivity contribution in [1.82, 2.24) is 0 Å². The van der Waals surface area contributed by atoms with Crippen LogP contribution >= 0.6 is 0 Å². The molecule has 4 aromatic carbocycles. The van der Waals surface area contributed by atoms with E-state index in [0.717, 1.165) is 25.7 Å². The van der Waals surface area contributed by atoms with Crippen LogP contribution < -0.4 is 0 Å². The molecule has 0 saturated heterocycles. The first kappa shape index (κ1) is 47.7. The molecule has 0 saturated carbocycles. The maximum atomic E-state index is 9.57. The minimum atomic E-state index is 0. The van der Waals surface area contributed by atoms with Gasteiger partial charge < -0.3 is 39.4 Å². The number of phenols is 4. The minimum absolute atomic E-state index is 0. The van der Waals surface area contributed by atoms with Gasteiger partial charge in [0.1, 0.15) is 49.4 Å². The second-order valence-electron chi connectivity index (χ2n) is 13.3. The summed E-state index contributed by atoms with van der Waals surface area (Å²) in [5.41, 5.74) is 2.74. The Morgan fingerprint density at radius 1 is 0.379 bits per heavy atom. The van der Waals surface area contributed by atoms with Crippen molar-refractivity contribution in [2.45, 2.75) is 77.5 Å². The van der Waals surface area contributed by atoms with Crippen molar-refractivity contribution in [1.29, 1.82) is 0 Å². The fourth-order valence-corrected chi connectivity index (χ4v) is 5.71. The van der Waals surface area contributed by atoms with Gasteiger partial charge in [-0.3, -0.25) is 0 Å². The summed E-state index contributed by atoms with van der Waals surface area (Å²) in [6.07, 6.45) is 3.88. The number of nitrogens with zero attached hydrogens (tertiary/aromatic N) is 4. The van der Waals surface area contributed by atoms with Gasteiger partial charge in [0.25, 0.3) is 0 Å². The van der Waals surface area contributed by atoms with Gasteiger partial charge in [0, 0.05) is 40.8 Å². The summed E-state index contributed by atoms with van der Waals surface area (Å²) in [5.74, 6) is 3.16. The number of rotatable bonds is 8. The van der Waals surface area contributed by atoms with Gasteiger partial charge in [0.05, 0.1) is 46.4 Å². The van der Waals surface area contributed by atoms with Crippen molar-refractivity contribution in [3.63, 3.8) is 0 Å². The van der Waals surface area contributed by atoms with E-state index in [1.165, 1.54) is 0 Å². The van der Waals surface area contributed by atoms with Crippen LogP contribution in [-0.4, -0.2) is 94.6 Å². The summed E-state index contributed by atoms with van der Waals surface area (Å²) < 4.78 is 21.7. The third kappa shape index (κ3) is 13.2. The number of hydrogen-bond acceptors (Lipinski definition) is 12. The largest absolute Gasteiger partial charge is 0.507 e. The summed E-state index contributed by atoms with van der Waals surface area (Å²) in [5, 5.41) is 38.3. The Morgan fingerprint density at radius 3 is 0.724 bits per heavy atom. The van der Waals surface area contributed by atoms with Crippen LogP contribution in [0.4, 0.5) is 0 Å². The predicted molar refractivity (Wildman–Crippen MR) is 219 cm³/mol. The van der Waals surface area contributed by atoms with Crippen LogP contribution in [0.1, 0.15) is 75.6 Å². The van der Waals surface area contributed by atoms with E-state index < -0.39 is 0 Å². The fourth-order valence-electron chi connectivity index (χ4n) is 5.71. The molecular formula is C44H52N4O8Pd2. The van der Waals surface area contributed by atoms with Crippen molar-refractivity contribution in [2.75, 3.05) is 26.4 Å². The number of aliphatic imine (C=N–C) groups is 4. The zero-order chi connectivity index (χ0) is 39.9. The molecule has 8 rings (SSSR count).